The van der Waals surface area contributed by atoms with Crippen molar-refractivity contribution in [1.82, 2.24) is 0 Å². The zero-order chi connectivity index (χ0) is 13.1. The molecule has 3 heteroatoms. The summed E-state index contributed by atoms with van der Waals surface area (Å²) in [7, 11) is 0. The van der Waals surface area contributed by atoms with Crippen LogP contribution in [-0.2, 0) is 0 Å². The van der Waals surface area contributed by atoms with E-state index in [0.29, 0.717) is 11.3 Å². The fourth-order valence-corrected chi connectivity index (χ4v) is 2.60. The average molecular weight is 254 g/mol. The van der Waals surface area contributed by atoms with Gasteiger partial charge < -0.3 is 5.73 Å². The third kappa shape index (κ3) is 2.66. The molecule has 0 radical (unpaired) electrons. The van der Waals surface area contributed by atoms with E-state index in [-0.39, 0.29) is 0 Å². The van der Waals surface area contributed by atoms with Crippen LogP contribution in [0.5, 0.6) is 0 Å². The Morgan fingerprint density at radius 2 is 1.83 bits per heavy atom. The molecule has 0 unspecified atom stereocenters. The molecule has 0 heterocycles. The lowest BCUT2D eigenvalue weighted by molar-refractivity contribution is 1.27. The summed E-state index contributed by atoms with van der Waals surface area (Å²) < 4.78 is 0. The normalized spacial score (nSPS) is 10.1. The molecule has 18 heavy (non-hydrogen) atoms. The molecule has 0 saturated heterocycles. The molecule has 0 amide bonds. The molecule has 0 fully saturated rings. The Bertz CT molecular complexity index is 627. The zero-order valence-corrected chi connectivity index (χ0v) is 11.2. The SMILES string of the molecule is Cc1ccc(Sc2ccc(N)cc2C#N)cc1C. The van der Waals surface area contributed by atoms with Crippen LogP contribution in [0.15, 0.2) is 46.2 Å². The van der Waals surface area contributed by atoms with Crippen molar-refractivity contribution < 1.29 is 0 Å². The Morgan fingerprint density at radius 3 is 2.50 bits per heavy atom. The van der Waals surface area contributed by atoms with Gasteiger partial charge in [0.15, 0.2) is 0 Å². The van der Waals surface area contributed by atoms with Crippen molar-refractivity contribution in [2.75, 3.05) is 5.73 Å². The highest BCUT2D eigenvalue weighted by Crippen LogP contribution is 2.32. The number of hydrogen-bond donors (Lipinski definition) is 1. The van der Waals surface area contributed by atoms with Crippen molar-refractivity contribution in [2.24, 2.45) is 0 Å². The number of rotatable bonds is 2. The van der Waals surface area contributed by atoms with Crippen LogP contribution in [0.4, 0.5) is 5.69 Å². The van der Waals surface area contributed by atoms with Crippen molar-refractivity contribution in [2.45, 2.75) is 23.6 Å². The second-order valence-corrected chi connectivity index (χ2v) is 5.33. The summed E-state index contributed by atoms with van der Waals surface area (Å²) in [4.78, 5) is 2.08. The second-order valence-electron chi connectivity index (χ2n) is 4.22. The summed E-state index contributed by atoms with van der Waals surface area (Å²) in [5.74, 6) is 0. The van der Waals surface area contributed by atoms with E-state index in [2.05, 4.69) is 38.1 Å². The van der Waals surface area contributed by atoms with Crippen molar-refractivity contribution in [1.29, 1.82) is 5.26 Å². The molecule has 0 atom stereocenters. The standard InChI is InChI=1S/C15H14N2S/c1-10-3-5-14(7-11(10)2)18-15-6-4-13(17)8-12(15)9-16/h3-8H,17H2,1-2H3. The summed E-state index contributed by atoms with van der Waals surface area (Å²) >= 11 is 1.59. The lowest BCUT2D eigenvalue weighted by atomic mass is 10.1. The molecule has 0 aliphatic carbocycles. The van der Waals surface area contributed by atoms with Crippen LogP contribution in [0.3, 0.4) is 0 Å². The Labute approximate surface area is 111 Å². The average Bonchev–Trinajstić information content (AvgIpc) is 2.36. The first kappa shape index (κ1) is 12.5. The van der Waals surface area contributed by atoms with Crippen LogP contribution in [0, 0.1) is 25.2 Å². The Morgan fingerprint density at radius 1 is 1.06 bits per heavy atom. The van der Waals surface area contributed by atoms with Gasteiger partial charge in [0.25, 0.3) is 0 Å². The molecule has 0 spiro atoms. The van der Waals surface area contributed by atoms with Gasteiger partial charge >= 0.3 is 0 Å². The number of nitrogens with zero attached hydrogens (tertiary/aromatic N) is 1. The summed E-state index contributed by atoms with van der Waals surface area (Å²) in [5, 5.41) is 9.10. The van der Waals surface area contributed by atoms with Crippen molar-refractivity contribution in [3.8, 4) is 6.07 Å². The van der Waals surface area contributed by atoms with E-state index in [0.717, 1.165) is 9.79 Å². The Hall–Kier alpha value is -1.92. The quantitative estimate of drug-likeness (QED) is 0.827. The summed E-state index contributed by atoms with van der Waals surface area (Å²) in [6.07, 6.45) is 0. The molecule has 0 bridgehead atoms. The number of nitrogen functional groups attached to an aromatic ring is 1. The van der Waals surface area contributed by atoms with E-state index < -0.39 is 0 Å². The Balaban J connectivity index is 2.34. The molecule has 90 valence electrons. The van der Waals surface area contributed by atoms with Crippen LogP contribution in [-0.4, -0.2) is 0 Å². The van der Waals surface area contributed by atoms with Gasteiger partial charge in [0.1, 0.15) is 6.07 Å². The Kier molecular flexibility index (Phi) is 3.59. The van der Waals surface area contributed by atoms with E-state index in [1.165, 1.54) is 11.1 Å². The monoisotopic (exact) mass is 254 g/mol. The molecular formula is C15H14N2S. The van der Waals surface area contributed by atoms with Crippen molar-refractivity contribution >= 4 is 17.4 Å². The fraction of sp³-hybridized carbons (Fsp3) is 0.133. The molecule has 2 N–H and O–H groups in total. The van der Waals surface area contributed by atoms with E-state index in [9.17, 15) is 0 Å². The first-order chi connectivity index (χ1) is 8.60. The van der Waals surface area contributed by atoms with E-state index in [1.54, 1.807) is 17.8 Å². The van der Waals surface area contributed by atoms with Crippen LogP contribution >= 0.6 is 11.8 Å². The minimum Gasteiger partial charge on any atom is -0.399 e. The zero-order valence-electron chi connectivity index (χ0n) is 10.4. The number of nitrogens with two attached hydrogens (primary N) is 1. The summed E-state index contributed by atoms with van der Waals surface area (Å²) in [5.41, 5.74) is 9.46. The first-order valence-electron chi connectivity index (χ1n) is 5.65. The lowest BCUT2D eigenvalue weighted by Gasteiger charge is -2.07. The molecule has 0 saturated carbocycles. The number of benzene rings is 2. The van der Waals surface area contributed by atoms with Gasteiger partial charge in [0, 0.05) is 15.5 Å². The second kappa shape index (κ2) is 5.16. The van der Waals surface area contributed by atoms with Gasteiger partial charge in [-0.2, -0.15) is 5.26 Å². The van der Waals surface area contributed by atoms with Crippen LogP contribution in [0.25, 0.3) is 0 Å². The maximum absolute atomic E-state index is 9.10. The minimum atomic E-state index is 0.621. The highest BCUT2D eigenvalue weighted by atomic mass is 32.2. The number of aryl methyl sites for hydroxylation is 2. The predicted octanol–water partition coefficient (Wildman–Crippen LogP) is 3.91. The minimum absolute atomic E-state index is 0.621. The fourth-order valence-electron chi connectivity index (χ4n) is 1.63. The van der Waals surface area contributed by atoms with Gasteiger partial charge in [-0.3, -0.25) is 0 Å². The van der Waals surface area contributed by atoms with E-state index >= 15 is 0 Å². The molecule has 2 nitrogen and oxygen atoms in total. The molecule has 2 aromatic carbocycles. The van der Waals surface area contributed by atoms with Crippen LogP contribution in [0.2, 0.25) is 0 Å². The van der Waals surface area contributed by atoms with Crippen LogP contribution in [0.1, 0.15) is 16.7 Å². The third-order valence-corrected chi connectivity index (χ3v) is 3.90. The smallest absolute Gasteiger partial charge is 0.100 e. The highest BCUT2D eigenvalue weighted by Gasteiger charge is 2.05. The highest BCUT2D eigenvalue weighted by molar-refractivity contribution is 7.99. The molecule has 0 aliphatic rings. The van der Waals surface area contributed by atoms with Gasteiger partial charge in [-0.15, -0.1) is 0 Å². The van der Waals surface area contributed by atoms with Crippen LogP contribution < -0.4 is 5.73 Å². The van der Waals surface area contributed by atoms with Gasteiger partial charge in [0.05, 0.1) is 5.56 Å². The molecule has 0 aliphatic heterocycles. The molecular weight excluding hydrogens is 240 g/mol. The van der Waals surface area contributed by atoms with Gasteiger partial charge in [0.2, 0.25) is 0 Å². The van der Waals surface area contributed by atoms with Gasteiger partial charge in [-0.05, 0) is 55.3 Å². The number of nitriles is 1. The van der Waals surface area contributed by atoms with E-state index in [4.69, 9.17) is 11.0 Å². The lowest BCUT2D eigenvalue weighted by Crippen LogP contribution is -1.88. The molecule has 2 aromatic rings. The topological polar surface area (TPSA) is 49.8 Å². The number of anilines is 1. The largest absolute Gasteiger partial charge is 0.399 e. The summed E-state index contributed by atoms with van der Waals surface area (Å²) in [6.45, 7) is 4.18. The third-order valence-electron chi connectivity index (χ3n) is 2.83. The maximum Gasteiger partial charge on any atom is 0.100 e. The first-order valence-corrected chi connectivity index (χ1v) is 6.46. The van der Waals surface area contributed by atoms with Crippen molar-refractivity contribution in [3.63, 3.8) is 0 Å². The maximum atomic E-state index is 9.10. The molecule has 2 rings (SSSR count). The molecule has 0 aromatic heterocycles. The van der Waals surface area contributed by atoms with E-state index in [1.807, 2.05) is 12.1 Å². The summed E-state index contributed by atoms with van der Waals surface area (Å²) in [6, 6.07) is 13.9. The van der Waals surface area contributed by atoms with Crippen molar-refractivity contribution in [3.05, 3.63) is 53.1 Å². The number of hydrogen-bond acceptors (Lipinski definition) is 3. The van der Waals surface area contributed by atoms with Gasteiger partial charge in [-0.1, -0.05) is 17.8 Å². The predicted molar refractivity (Wildman–Crippen MR) is 75.6 cm³/mol. The van der Waals surface area contributed by atoms with Gasteiger partial charge in [-0.25, -0.2) is 0 Å².